The van der Waals surface area contributed by atoms with E-state index in [1.165, 1.54) is 0 Å². The van der Waals surface area contributed by atoms with Gasteiger partial charge in [0.2, 0.25) is 11.7 Å². The van der Waals surface area contributed by atoms with Gasteiger partial charge in [0, 0.05) is 6.92 Å². The fraction of sp³-hybridized carbons (Fsp3) is 0.538. The third-order valence-corrected chi connectivity index (χ3v) is 3.04. The number of ether oxygens (including phenoxy) is 1. The average molecular weight is 346 g/mol. The number of Topliss-reactive ketones (excluding diaryl/α,β-unsaturated/α-hetero) is 1. The maximum Gasteiger partial charge on any atom is 0.291 e. The highest BCUT2D eigenvalue weighted by Crippen LogP contribution is 2.15. The van der Waals surface area contributed by atoms with Gasteiger partial charge < -0.3 is 30.5 Å². The Labute approximate surface area is 135 Å². The molecule has 11 nitrogen and oxygen atoms in total. The molecule has 0 bridgehead atoms. The summed E-state index contributed by atoms with van der Waals surface area (Å²) >= 11 is 0. The Bertz CT molecular complexity index is 572. The van der Waals surface area contributed by atoms with E-state index < -0.39 is 67.1 Å². The molecule has 3 atom stereocenters. The summed E-state index contributed by atoms with van der Waals surface area (Å²) in [5.74, 6) is -4.04. The summed E-state index contributed by atoms with van der Waals surface area (Å²) in [6.45, 7) is -0.478. The number of carbonyl (C=O) groups excluding carboxylic acids is 4. The first-order valence-electron chi connectivity index (χ1n) is 6.84. The van der Waals surface area contributed by atoms with E-state index in [0.29, 0.717) is 0 Å². The van der Waals surface area contributed by atoms with Gasteiger partial charge in [-0.05, 0) is 0 Å². The van der Waals surface area contributed by atoms with Crippen LogP contribution in [0.25, 0.3) is 0 Å². The van der Waals surface area contributed by atoms with Gasteiger partial charge in [-0.25, -0.2) is 0 Å². The lowest BCUT2D eigenvalue weighted by atomic mass is 10.1. The van der Waals surface area contributed by atoms with Gasteiger partial charge in [0.1, 0.15) is 36.4 Å². The number of aliphatic hydroxyl groups excluding tert-OH is 4. The normalized spacial score (nSPS) is 18.5. The van der Waals surface area contributed by atoms with Gasteiger partial charge in [-0.2, -0.15) is 0 Å². The van der Waals surface area contributed by atoms with Crippen LogP contribution < -0.4 is 10.6 Å². The minimum absolute atomic E-state index is 0.317. The first-order valence-corrected chi connectivity index (χ1v) is 6.84. The van der Waals surface area contributed by atoms with Crippen LogP contribution in [0.3, 0.4) is 0 Å². The highest BCUT2D eigenvalue weighted by Gasteiger charge is 2.31. The number of nitrogens with one attached hydrogen (secondary N) is 2. The molecule has 1 aliphatic rings. The predicted molar refractivity (Wildman–Crippen MR) is 74.7 cm³/mol. The number of imide groups is 1. The zero-order chi connectivity index (χ0) is 18.4. The van der Waals surface area contributed by atoms with Crippen LogP contribution in [-0.4, -0.2) is 75.5 Å². The molecule has 3 amide bonds. The Morgan fingerprint density at radius 3 is 2.42 bits per heavy atom. The smallest absolute Gasteiger partial charge is 0.291 e. The molecule has 0 aromatic carbocycles. The number of hydrogen-bond donors (Lipinski definition) is 6. The molecule has 0 spiro atoms. The van der Waals surface area contributed by atoms with E-state index in [9.17, 15) is 34.5 Å². The predicted octanol–water partition coefficient (Wildman–Crippen LogP) is -3.96. The lowest BCUT2D eigenvalue weighted by Crippen LogP contribution is -2.45. The van der Waals surface area contributed by atoms with Crippen LogP contribution in [0.2, 0.25) is 0 Å². The molecule has 134 valence electrons. The number of carbonyl (C=O) groups is 4. The second-order valence-corrected chi connectivity index (χ2v) is 4.98. The summed E-state index contributed by atoms with van der Waals surface area (Å²) in [5, 5.41) is 40.9. The quantitative estimate of drug-likeness (QED) is 0.189. The number of aliphatic hydroxyl groups is 4. The van der Waals surface area contributed by atoms with Crippen LogP contribution >= 0.6 is 0 Å². The fourth-order valence-corrected chi connectivity index (χ4v) is 1.69. The fourth-order valence-electron chi connectivity index (χ4n) is 1.69. The Kier molecular flexibility index (Phi) is 6.97. The van der Waals surface area contributed by atoms with Crippen molar-refractivity contribution in [2.45, 2.75) is 31.7 Å². The molecule has 0 radical (unpaired) electrons. The van der Waals surface area contributed by atoms with Gasteiger partial charge in [0.15, 0.2) is 0 Å². The number of rotatable bonds is 8. The highest BCUT2D eigenvalue weighted by atomic mass is 16.5. The topological polar surface area (TPSA) is 182 Å². The second-order valence-electron chi connectivity index (χ2n) is 4.98. The lowest BCUT2D eigenvalue weighted by molar-refractivity contribution is -0.137. The molecular weight excluding hydrogens is 328 g/mol. The number of amides is 3. The summed E-state index contributed by atoms with van der Waals surface area (Å²) in [6, 6.07) is 0. The third-order valence-electron chi connectivity index (χ3n) is 3.04. The van der Waals surface area contributed by atoms with Crippen molar-refractivity contribution in [1.82, 2.24) is 10.6 Å². The Morgan fingerprint density at radius 2 is 1.88 bits per heavy atom. The monoisotopic (exact) mass is 346 g/mol. The molecule has 0 saturated carbocycles. The van der Waals surface area contributed by atoms with Crippen molar-refractivity contribution < 1.29 is 44.3 Å². The lowest BCUT2D eigenvalue weighted by Gasteiger charge is -2.24. The van der Waals surface area contributed by atoms with Crippen LogP contribution in [-0.2, 0) is 23.9 Å². The molecule has 0 fully saturated rings. The Hall–Kier alpha value is -2.34. The molecule has 11 heteroatoms. The first-order chi connectivity index (χ1) is 11.2. The van der Waals surface area contributed by atoms with E-state index >= 15 is 0 Å². The van der Waals surface area contributed by atoms with Crippen LogP contribution in [0.5, 0.6) is 0 Å². The summed E-state index contributed by atoms with van der Waals surface area (Å²) in [4.78, 5) is 45.4. The van der Waals surface area contributed by atoms with E-state index in [1.54, 1.807) is 0 Å². The molecule has 0 aromatic heterocycles. The van der Waals surface area contributed by atoms with Crippen molar-refractivity contribution in [1.29, 1.82) is 0 Å². The Morgan fingerprint density at radius 1 is 1.25 bits per heavy atom. The van der Waals surface area contributed by atoms with Crippen LogP contribution in [0.4, 0.5) is 0 Å². The van der Waals surface area contributed by atoms with Crippen molar-refractivity contribution >= 4 is 23.5 Å². The second kappa shape index (κ2) is 8.49. The van der Waals surface area contributed by atoms with Crippen LogP contribution in [0, 0.1) is 0 Å². The van der Waals surface area contributed by atoms with E-state index in [4.69, 9.17) is 9.84 Å². The Balaban J connectivity index is 2.88. The van der Waals surface area contributed by atoms with Gasteiger partial charge in [-0.15, -0.1) is 0 Å². The highest BCUT2D eigenvalue weighted by molar-refractivity contribution is 6.36. The largest absolute Gasteiger partial charge is 0.492 e. The zero-order valence-corrected chi connectivity index (χ0v) is 12.7. The van der Waals surface area contributed by atoms with Crippen molar-refractivity contribution in [3.8, 4) is 0 Å². The van der Waals surface area contributed by atoms with Crippen LogP contribution in [0.15, 0.2) is 11.5 Å². The van der Waals surface area contributed by atoms with E-state index in [0.717, 1.165) is 6.92 Å². The molecule has 0 saturated heterocycles. The van der Waals surface area contributed by atoms with Crippen molar-refractivity contribution in [2.75, 3.05) is 13.2 Å². The summed E-state index contributed by atoms with van der Waals surface area (Å²) in [6.07, 6.45) is -5.46. The SMILES string of the molecule is CC(=O)C(=O)NC1=C(OC[C@H](O)[C@H](O)[C@H](O)CO)CC(=O)NC1=O. The molecule has 0 unspecified atom stereocenters. The molecule has 0 aromatic rings. The summed E-state index contributed by atoms with van der Waals surface area (Å²) in [5.41, 5.74) is -0.473. The molecule has 1 rings (SSSR count). The minimum atomic E-state index is -1.74. The first kappa shape index (κ1) is 19.7. The van der Waals surface area contributed by atoms with Gasteiger partial charge in [0.25, 0.3) is 11.8 Å². The number of ketones is 1. The van der Waals surface area contributed by atoms with Gasteiger partial charge in [0.05, 0.1) is 13.0 Å². The number of hydrogen-bond acceptors (Lipinski definition) is 9. The zero-order valence-electron chi connectivity index (χ0n) is 12.7. The van der Waals surface area contributed by atoms with E-state index in [1.807, 2.05) is 10.6 Å². The average Bonchev–Trinajstić information content (AvgIpc) is 2.53. The maximum atomic E-state index is 11.7. The van der Waals surface area contributed by atoms with E-state index in [-0.39, 0.29) is 5.76 Å². The molecule has 24 heavy (non-hydrogen) atoms. The minimum Gasteiger partial charge on any atom is -0.492 e. The van der Waals surface area contributed by atoms with Crippen molar-refractivity contribution in [2.24, 2.45) is 0 Å². The molecular formula is C13H18N2O9. The van der Waals surface area contributed by atoms with Gasteiger partial charge >= 0.3 is 0 Å². The standard InChI is InChI=1S/C13H18N2O9/c1-5(17)12(22)15-10-8(2-9(20)14-13(10)23)24-4-7(19)11(21)6(18)3-16/h6-7,11,16,18-19,21H,2-4H2,1H3,(H,15,22)(H,14,20,23)/t6-,7+,11-/m1/s1. The molecule has 1 aliphatic heterocycles. The van der Waals surface area contributed by atoms with Gasteiger partial charge in [-0.3, -0.25) is 24.5 Å². The van der Waals surface area contributed by atoms with Crippen molar-refractivity contribution in [3.63, 3.8) is 0 Å². The maximum absolute atomic E-state index is 11.7. The van der Waals surface area contributed by atoms with Crippen LogP contribution in [0.1, 0.15) is 13.3 Å². The molecule has 6 N–H and O–H groups in total. The van der Waals surface area contributed by atoms with E-state index in [2.05, 4.69) is 0 Å². The summed E-state index contributed by atoms with van der Waals surface area (Å²) < 4.78 is 5.06. The van der Waals surface area contributed by atoms with Crippen molar-refractivity contribution in [3.05, 3.63) is 11.5 Å². The molecule has 0 aliphatic carbocycles. The van der Waals surface area contributed by atoms with Gasteiger partial charge in [-0.1, -0.05) is 0 Å². The molecule has 1 heterocycles. The third kappa shape index (κ3) is 5.09. The summed E-state index contributed by atoms with van der Waals surface area (Å²) in [7, 11) is 0.